The highest BCUT2D eigenvalue weighted by Gasteiger charge is 2.23. The largest absolute Gasteiger partial charge is 0.497 e. The second kappa shape index (κ2) is 6.03. The summed E-state index contributed by atoms with van der Waals surface area (Å²) in [4.78, 5) is 2.51. The van der Waals surface area contributed by atoms with Crippen LogP contribution in [0.3, 0.4) is 0 Å². The fourth-order valence-corrected chi connectivity index (χ4v) is 2.52. The van der Waals surface area contributed by atoms with Gasteiger partial charge in [0.1, 0.15) is 5.75 Å². The Bertz CT molecular complexity index is 354. The summed E-state index contributed by atoms with van der Waals surface area (Å²) >= 11 is 0. The molecule has 1 atom stereocenters. The van der Waals surface area contributed by atoms with E-state index in [9.17, 15) is 0 Å². The van der Waals surface area contributed by atoms with Crippen LogP contribution in [0.25, 0.3) is 0 Å². The minimum Gasteiger partial charge on any atom is -0.497 e. The maximum atomic E-state index is 5.55. The quantitative estimate of drug-likeness (QED) is 0.844. The standard InChI is InChI=1S/C14H22N2O/c1-17-14-5-2-4-12(10-14)13-6-9-16(11-13)8-3-7-15/h2,4-5,10,13H,3,6-9,11,15H2,1H3. The first-order valence-corrected chi connectivity index (χ1v) is 6.40. The van der Waals surface area contributed by atoms with Crippen molar-refractivity contribution in [1.82, 2.24) is 4.90 Å². The molecule has 0 bridgehead atoms. The van der Waals surface area contributed by atoms with Crippen LogP contribution in [0.15, 0.2) is 24.3 Å². The maximum absolute atomic E-state index is 5.55. The third-order valence-corrected chi connectivity index (χ3v) is 3.52. The van der Waals surface area contributed by atoms with Crippen LogP contribution in [0.5, 0.6) is 5.75 Å². The summed E-state index contributed by atoms with van der Waals surface area (Å²) in [6.07, 6.45) is 2.35. The molecule has 94 valence electrons. The minimum atomic E-state index is 0.655. The molecule has 1 fully saturated rings. The minimum absolute atomic E-state index is 0.655. The molecule has 0 saturated carbocycles. The molecule has 0 aromatic heterocycles. The fraction of sp³-hybridized carbons (Fsp3) is 0.571. The van der Waals surface area contributed by atoms with Crippen LogP contribution < -0.4 is 10.5 Å². The van der Waals surface area contributed by atoms with Gasteiger partial charge in [-0.3, -0.25) is 0 Å². The number of ether oxygens (including phenoxy) is 1. The molecule has 0 spiro atoms. The summed E-state index contributed by atoms with van der Waals surface area (Å²) in [7, 11) is 1.72. The summed E-state index contributed by atoms with van der Waals surface area (Å²) in [6.45, 7) is 4.28. The van der Waals surface area contributed by atoms with Gasteiger partial charge in [-0.15, -0.1) is 0 Å². The first-order chi connectivity index (χ1) is 8.33. The normalized spacial score (nSPS) is 20.7. The van der Waals surface area contributed by atoms with Crippen molar-refractivity contribution in [2.75, 3.05) is 33.3 Å². The summed E-state index contributed by atoms with van der Waals surface area (Å²) in [5, 5.41) is 0. The molecule has 1 saturated heterocycles. The van der Waals surface area contributed by atoms with Crippen LogP contribution in [-0.2, 0) is 0 Å². The van der Waals surface area contributed by atoms with E-state index in [4.69, 9.17) is 10.5 Å². The van der Waals surface area contributed by atoms with Gasteiger partial charge in [0, 0.05) is 6.54 Å². The second-order valence-corrected chi connectivity index (χ2v) is 4.71. The van der Waals surface area contributed by atoms with E-state index in [2.05, 4.69) is 23.1 Å². The van der Waals surface area contributed by atoms with E-state index in [1.54, 1.807) is 7.11 Å². The third-order valence-electron chi connectivity index (χ3n) is 3.52. The number of methoxy groups -OCH3 is 1. The molecule has 1 aliphatic rings. The predicted octanol–water partition coefficient (Wildman–Crippen LogP) is 1.83. The van der Waals surface area contributed by atoms with Gasteiger partial charge in [0.2, 0.25) is 0 Å². The lowest BCUT2D eigenvalue weighted by atomic mass is 9.98. The van der Waals surface area contributed by atoms with Gasteiger partial charge in [0.05, 0.1) is 7.11 Å². The number of hydrogen-bond acceptors (Lipinski definition) is 3. The zero-order valence-corrected chi connectivity index (χ0v) is 10.6. The van der Waals surface area contributed by atoms with Gasteiger partial charge in [0.15, 0.2) is 0 Å². The predicted molar refractivity (Wildman–Crippen MR) is 70.5 cm³/mol. The van der Waals surface area contributed by atoms with Crippen molar-refractivity contribution in [1.29, 1.82) is 0 Å². The Morgan fingerprint density at radius 1 is 1.47 bits per heavy atom. The Morgan fingerprint density at radius 3 is 3.12 bits per heavy atom. The molecule has 3 nitrogen and oxygen atoms in total. The van der Waals surface area contributed by atoms with E-state index in [1.165, 1.54) is 18.5 Å². The Labute approximate surface area is 104 Å². The van der Waals surface area contributed by atoms with E-state index in [0.717, 1.165) is 31.8 Å². The monoisotopic (exact) mass is 234 g/mol. The zero-order valence-electron chi connectivity index (χ0n) is 10.6. The molecule has 17 heavy (non-hydrogen) atoms. The first-order valence-electron chi connectivity index (χ1n) is 6.40. The van der Waals surface area contributed by atoms with Crippen molar-refractivity contribution >= 4 is 0 Å². The topological polar surface area (TPSA) is 38.5 Å². The Balaban J connectivity index is 1.94. The van der Waals surface area contributed by atoms with Crippen LogP contribution >= 0.6 is 0 Å². The lowest BCUT2D eigenvalue weighted by Crippen LogP contribution is -2.23. The van der Waals surface area contributed by atoms with Gasteiger partial charge in [-0.2, -0.15) is 0 Å². The number of rotatable bonds is 5. The van der Waals surface area contributed by atoms with E-state index in [1.807, 2.05) is 6.07 Å². The van der Waals surface area contributed by atoms with E-state index < -0.39 is 0 Å². The average Bonchev–Trinajstić information content (AvgIpc) is 2.85. The molecule has 0 amide bonds. The molecule has 2 N–H and O–H groups in total. The highest BCUT2D eigenvalue weighted by atomic mass is 16.5. The summed E-state index contributed by atoms with van der Waals surface area (Å²) < 4.78 is 5.28. The van der Waals surface area contributed by atoms with Crippen molar-refractivity contribution in [3.05, 3.63) is 29.8 Å². The zero-order chi connectivity index (χ0) is 12.1. The van der Waals surface area contributed by atoms with Crippen molar-refractivity contribution in [3.63, 3.8) is 0 Å². The Kier molecular flexibility index (Phi) is 4.40. The van der Waals surface area contributed by atoms with Gasteiger partial charge in [-0.05, 0) is 56.1 Å². The highest BCUT2D eigenvalue weighted by Crippen LogP contribution is 2.29. The number of benzene rings is 1. The Morgan fingerprint density at radius 2 is 2.35 bits per heavy atom. The van der Waals surface area contributed by atoms with Gasteiger partial charge in [-0.25, -0.2) is 0 Å². The molecule has 1 heterocycles. The smallest absolute Gasteiger partial charge is 0.119 e. The van der Waals surface area contributed by atoms with E-state index in [-0.39, 0.29) is 0 Å². The lowest BCUT2D eigenvalue weighted by molar-refractivity contribution is 0.331. The number of hydrogen-bond donors (Lipinski definition) is 1. The first kappa shape index (κ1) is 12.4. The van der Waals surface area contributed by atoms with E-state index >= 15 is 0 Å². The van der Waals surface area contributed by atoms with Crippen molar-refractivity contribution in [2.45, 2.75) is 18.8 Å². The SMILES string of the molecule is COc1cccc(C2CCN(CCCN)C2)c1. The van der Waals surface area contributed by atoms with Crippen LogP contribution in [0.2, 0.25) is 0 Å². The highest BCUT2D eigenvalue weighted by molar-refractivity contribution is 5.31. The van der Waals surface area contributed by atoms with Gasteiger partial charge < -0.3 is 15.4 Å². The van der Waals surface area contributed by atoms with Crippen LogP contribution in [0.4, 0.5) is 0 Å². The van der Waals surface area contributed by atoms with Crippen molar-refractivity contribution in [2.24, 2.45) is 5.73 Å². The number of likely N-dealkylation sites (tertiary alicyclic amines) is 1. The fourth-order valence-electron chi connectivity index (χ4n) is 2.52. The van der Waals surface area contributed by atoms with Crippen molar-refractivity contribution < 1.29 is 4.74 Å². The second-order valence-electron chi connectivity index (χ2n) is 4.71. The van der Waals surface area contributed by atoms with E-state index in [0.29, 0.717) is 5.92 Å². The number of nitrogens with two attached hydrogens (primary N) is 1. The molecule has 0 aliphatic carbocycles. The molecule has 3 heteroatoms. The summed E-state index contributed by atoms with van der Waals surface area (Å²) in [5.74, 6) is 1.62. The van der Waals surface area contributed by atoms with Crippen LogP contribution in [-0.4, -0.2) is 38.2 Å². The summed E-state index contributed by atoms with van der Waals surface area (Å²) in [6, 6.07) is 8.46. The molecule has 1 unspecified atom stereocenters. The molecule has 0 radical (unpaired) electrons. The summed E-state index contributed by atoms with van der Waals surface area (Å²) in [5.41, 5.74) is 6.95. The lowest BCUT2D eigenvalue weighted by Gasteiger charge is -2.15. The number of nitrogens with zero attached hydrogens (tertiary/aromatic N) is 1. The van der Waals surface area contributed by atoms with Crippen molar-refractivity contribution in [3.8, 4) is 5.75 Å². The van der Waals surface area contributed by atoms with Gasteiger partial charge >= 0.3 is 0 Å². The molecule has 1 aliphatic heterocycles. The maximum Gasteiger partial charge on any atom is 0.119 e. The van der Waals surface area contributed by atoms with Gasteiger partial charge in [0.25, 0.3) is 0 Å². The molecular weight excluding hydrogens is 212 g/mol. The molecule has 1 aromatic rings. The Hall–Kier alpha value is -1.06. The molecular formula is C14H22N2O. The third kappa shape index (κ3) is 3.20. The van der Waals surface area contributed by atoms with Crippen LogP contribution in [0, 0.1) is 0 Å². The average molecular weight is 234 g/mol. The van der Waals surface area contributed by atoms with Gasteiger partial charge in [-0.1, -0.05) is 12.1 Å². The molecule has 2 rings (SSSR count). The van der Waals surface area contributed by atoms with Crippen LogP contribution in [0.1, 0.15) is 24.3 Å². The molecule has 1 aromatic carbocycles.